The molecule has 0 heterocycles. The van der Waals surface area contributed by atoms with Crippen LogP contribution < -0.4 is 25.0 Å². The maximum Gasteiger partial charge on any atom is 0.259 e. The van der Waals surface area contributed by atoms with Crippen LogP contribution in [0.1, 0.15) is 21.5 Å². The Labute approximate surface area is 226 Å². The molecule has 0 aliphatic rings. The number of nitrogens with zero attached hydrogens (tertiary/aromatic N) is 1. The molecule has 0 aliphatic carbocycles. The van der Waals surface area contributed by atoms with E-state index in [1.807, 2.05) is 0 Å². The van der Waals surface area contributed by atoms with Crippen LogP contribution in [-0.2, 0) is 11.4 Å². The maximum atomic E-state index is 12.3. The van der Waals surface area contributed by atoms with Gasteiger partial charge in [0, 0.05) is 21.2 Å². The summed E-state index contributed by atoms with van der Waals surface area (Å²) >= 11 is 15.6. The molecule has 3 aromatic carbocycles. The fourth-order valence-corrected chi connectivity index (χ4v) is 3.94. The number of hydrogen-bond acceptors (Lipinski definition) is 6. The number of nitrogens with one attached hydrogen (secondary N) is 2. The summed E-state index contributed by atoms with van der Waals surface area (Å²) in [4.78, 5) is 24.4. The quantitative estimate of drug-likeness (QED) is 0.247. The van der Waals surface area contributed by atoms with Gasteiger partial charge in [0.15, 0.2) is 11.5 Å². The van der Waals surface area contributed by atoms with Crippen LogP contribution in [0, 0.1) is 0 Å². The van der Waals surface area contributed by atoms with Gasteiger partial charge < -0.3 is 19.5 Å². The van der Waals surface area contributed by atoms with E-state index >= 15 is 0 Å². The van der Waals surface area contributed by atoms with Gasteiger partial charge in [0.25, 0.3) is 11.8 Å². The maximum absolute atomic E-state index is 12.3. The Balaban J connectivity index is 1.48. The number of benzene rings is 3. The van der Waals surface area contributed by atoms with Crippen LogP contribution in [0.5, 0.6) is 17.2 Å². The Morgan fingerprint density at radius 1 is 0.972 bits per heavy atom. The molecule has 0 aromatic heterocycles. The lowest BCUT2D eigenvalue weighted by Gasteiger charge is -2.10. The fourth-order valence-electron chi connectivity index (χ4n) is 2.97. The van der Waals surface area contributed by atoms with E-state index in [4.69, 9.17) is 37.4 Å². The van der Waals surface area contributed by atoms with E-state index in [-0.39, 0.29) is 13.2 Å². The Kier molecular flexibility index (Phi) is 9.98. The zero-order chi connectivity index (χ0) is 26.1. The molecule has 0 atom stereocenters. The van der Waals surface area contributed by atoms with E-state index in [0.717, 1.165) is 5.56 Å². The van der Waals surface area contributed by atoms with Gasteiger partial charge >= 0.3 is 0 Å². The smallest absolute Gasteiger partial charge is 0.259 e. The molecule has 2 N–H and O–H groups in total. The summed E-state index contributed by atoms with van der Waals surface area (Å²) in [5, 5.41) is 7.53. The van der Waals surface area contributed by atoms with Crippen molar-refractivity contribution in [3.8, 4) is 17.2 Å². The molecule has 0 fully saturated rings. The van der Waals surface area contributed by atoms with Crippen molar-refractivity contribution in [1.82, 2.24) is 10.7 Å². The van der Waals surface area contributed by atoms with E-state index < -0.39 is 11.8 Å². The second-order valence-electron chi connectivity index (χ2n) is 7.26. The highest BCUT2D eigenvalue weighted by molar-refractivity contribution is 9.10. The Morgan fingerprint density at radius 2 is 1.72 bits per heavy atom. The van der Waals surface area contributed by atoms with Crippen LogP contribution in [0.2, 0.25) is 10.0 Å². The molecule has 3 aromatic rings. The van der Waals surface area contributed by atoms with E-state index in [1.54, 1.807) is 48.5 Å². The standard InChI is InChI=1S/C25H22BrCl2N3O5/c1-34-22-8-5-16(10-23(22)35-2)25(33)29-13-24(32)31-30-12-15-3-7-21(19(26)9-15)36-14-17-4-6-18(27)11-20(17)28/h3-12H,13-14H2,1-2H3,(H,29,33)(H,31,32)/b30-12+. The lowest BCUT2D eigenvalue weighted by Crippen LogP contribution is -2.34. The number of halogens is 3. The third kappa shape index (κ3) is 7.61. The summed E-state index contributed by atoms with van der Waals surface area (Å²) < 4.78 is 16.8. The van der Waals surface area contributed by atoms with Crippen molar-refractivity contribution in [2.75, 3.05) is 20.8 Å². The van der Waals surface area contributed by atoms with Crippen molar-refractivity contribution in [2.24, 2.45) is 5.10 Å². The lowest BCUT2D eigenvalue weighted by molar-refractivity contribution is -0.120. The molecule has 0 bridgehead atoms. The minimum Gasteiger partial charge on any atom is -0.493 e. The normalized spacial score (nSPS) is 10.7. The third-order valence-corrected chi connectivity index (χ3v) is 6.02. The molecular weight excluding hydrogens is 573 g/mol. The Morgan fingerprint density at radius 3 is 2.42 bits per heavy atom. The number of hydrazone groups is 1. The molecule has 0 saturated carbocycles. The summed E-state index contributed by atoms with van der Waals surface area (Å²) in [6, 6.07) is 15.2. The number of ether oxygens (including phenoxy) is 3. The number of amides is 2. The first kappa shape index (κ1) is 27.3. The fraction of sp³-hybridized carbons (Fsp3) is 0.160. The van der Waals surface area contributed by atoms with Gasteiger partial charge in [0.2, 0.25) is 0 Å². The minimum atomic E-state index is -0.487. The second kappa shape index (κ2) is 13.2. The molecule has 0 saturated heterocycles. The van der Waals surface area contributed by atoms with Crippen molar-refractivity contribution in [2.45, 2.75) is 6.61 Å². The van der Waals surface area contributed by atoms with Gasteiger partial charge in [-0.25, -0.2) is 5.43 Å². The molecule has 188 valence electrons. The zero-order valence-corrected chi connectivity index (χ0v) is 22.4. The van der Waals surface area contributed by atoms with Crippen LogP contribution in [0.3, 0.4) is 0 Å². The molecule has 3 rings (SSSR count). The summed E-state index contributed by atoms with van der Waals surface area (Å²) in [6.45, 7) is 0.0152. The molecule has 11 heteroatoms. The van der Waals surface area contributed by atoms with Gasteiger partial charge in [-0.2, -0.15) is 5.10 Å². The molecule has 0 radical (unpaired) electrons. The summed E-state index contributed by atoms with van der Waals surface area (Å²) in [6.07, 6.45) is 1.47. The minimum absolute atomic E-state index is 0.256. The highest BCUT2D eigenvalue weighted by Gasteiger charge is 2.12. The van der Waals surface area contributed by atoms with Gasteiger partial charge in [-0.3, -0.25) is 9.59 Å². The molecule has 0 spiro atoms. The molecule has 36 heavy (non-hydrogen) atoms. The average molecular weight is 595 g/mol. The first-order valence-electron chi connectivity index (χ1n) is 10.5. The lowest BCUT2D eigenvalue weighted by atomic mass is 10.2. The first-order valence-corrected chi connectivity index (χ1v) is 12.0. The van der Waals surface area contributed by atoms with Crippen LogP contribution in [-0.4, -0.2) is 38.8 Å². The number of hydrogen-bond donors (Lipinski definition) is 2. The average Bonchev–Trinajstić information content (AvgIpc) is 2.87. The van der Waals surface area contributed by atoms with Crippen LogP contribution in [0.15, 0.2) is 64.2 Å². The van der Waals surface area contributed by atoms with Crippen LogP contribution in [0.25, 0.3) is 0 Å². The highest BCUT2D eigenvalue weighted by Crippen LogP contribution is 2.29. The summed E-state index contributed by atoms with van der Waals surface area (Å²) in [7, 11) is 2.98. The first-order chi connectivity index (χ1) is 17.3. The number of carbonyl (C=O) groups is 2. The van der Waals surface area contributed by atoms with Crippen molar-refractivity contribution in [3.63, 3.8) is 0 Å². The monoisotopic (exact) mass is 593 g/mol. The molecular formula is C25H22BrCl2N3O5. The largest absolute Gasteiger partial charge is 0.493 e. The summed E-state index contributed by atoms with van der Waals surface area (Å²) in [5.41, 5.74) is 4.22. The topological polar surface area (TPSA) is 98.2 Å². The van der Waals surface area contributed by atoms with Crippen molar-refractivity contribution < 1.29 is 23.8 Å². The molecule has 2 amide bonds. The van der Waals surface area contributed by atoms with Gasteiger partial charge in [-0.15, -0.1) is 0 Å². The Hall–Kier alpha value is -3.27. The highest BCUT2D eigenvalue weighted by atomic mass is 79.9. The van der Waals surface area contributed by atoms with E-state index in [9.17, 15) is 9.59 Å². The predicted molar refractivity (Wildman–Crippen MR) is 143 cm³/mol. The SMILES string of the molecule is COc1ccc(C(=O)NCC(=O)N/N=C/c2ccc(OCc3ccc(Cl)cc3Cl)c(Br)c2)cc1OC. The van der Waals surface area contributed by atoms with Crippen molar-refractivity contribution >= 4 is 57.2 Å². The predicted octanol–water partition coefficient (Wildman–Crippen LogP) is 5.23. The number of methoxy groups -OCH3 is 2. The van der Waals surface area contributed by atoms with Gasteiger partial charge in [-0.05, 0) is 70.0 Å². The van der Waals surface area contributed by atoms with Crippen molar-refractivity contribution in [3.05, 3.63) is 85.8 Å². The molecule has 0 aliphatic heterocycles. The van der Waals surface area contributed by atoms with Crippen molar-refractivity contribution in [1.29, 1.82) is 0 Å². The third-order valence-electron chi connectivity index (χ3n) is 4.81. The van der Waals surface area contributed by atoms with E-state index in [1.165, 1.54) is 26.5 Å². The van der Waals surface area contributed by atoms with E-state index in [0.29, 0.717) is 42.9 Å². The summed E-state index contributed by atoms with van der Waals surface area (Å²) in [5.74, 6) is 0.599. The molecule has 0 unspecified atom stereocenters. The zero-order valence-electron chi connectivity index (χ0n) is 19.3. The molecule has 8 nitrogen and oxygen atoms in total. The van der Waals surface area contributed by atoms with Gasteiger partial charge in [0.05, 0.1) is 31.5 Å². The number of rotatable bonds is 10. The van der Waals surface area contributed by atoms with Crippen LogP contribution in [0.4, 0.5) is 0 Å². The number of carbonyl (C=O) groups excluding carboxylic acids is 2. The van der Waals surface area contributed by atoms with Gasteiger partial charge in [-0.1, -0.05) is 29.3 Å². The van der Waals surface area contributed by atoms with Crippen LogP contribution >= 0.6 is 39.1 Å². The Bertz CT molecular complexity index is 1290. The van der Waals surface area contributed by atoms with E-state index in [2.05, 4.69) is 31.8 Å². The van der Waals surface area contributed by atoms with Gasteiger partial charge in [0.1, 0.15) is 12.4 Å². The second-order valence-corrected chi connectivity index (χ2v) is 8.96.